The van der Waals surface area contributed by atoms with Crippen LogP contribution < -0.4 is 0 Å². The van der Waals surface area contributed by atoms with Crippen molar-refractivity contribution in [3.63, 3.8) is 0 Å². The van der Waals surface area contributed by atoms with E-state index in [4.69, 9.17) is 0 Å². The molecule has 0 amide bonds. The van der Waals surface area contributed by atoms with E-state index in [1.165, 1.54) is 16.5 Å². The lowest BCUT2D eigenvalue weighted by atomic mass is 10.1. The van der Waals surface area contributed by atoms with Crippen molar-refractivity contribution in [3.05, 3.63) is 36.0 Å². The first kappa shape index (κ1) is 12.8. The molecule has 1 aromatic carbocycles. The number of aromatic amines is 1. The van der Waals surface area contributed by atoms with E-state index in [0.717, 1.165) is 19.5 Å². The Balaban J connectivity index is 1.92. The second kappa shape index (κ2) is 5.83. The van der Waals surface area contributed by atoms with Gasteiger partial charge in [0.15, 0.2) is 0 Å². The highest BCUT2D eigenvalue weighted by atomic mass is 16.1. The summed E-state index contributed by atoms with van der Waals surface area (Å²) < 4.78 is 0. The second-order valence-corrected chi connectivity index (χ2v) is 4.86. The fourth-order valence-corrected chi connectivity index (χ4v) is 2.11. The van der Waals surface area contributed by atoms with E-state index < -0.39 is 0 Å². The molecule has 0 spiro atoms. The molecule has 0 saturated heterocycles. The van der Waals surface area contributed by atoms with E-state index in [9.17, 15) is 4.79 Å². The number of likely N-dealkylation sites (N-methyl/N-ethyl adjacent to an activating group) is 1. The van der Waals surface area contributed by atoms with E-state index in [0.29, 0.717) is 6.42 Å². The molecule has 0 bridgehead atoms. The van der Waals surface area contributed by atoms with Crippen molar-refractivity contribution in [2.75, 3.05) is 20.1 Å². The predicted octanol–water partition coefficient (Wildman–Crippen LogP) is 2.62. The van der Waals surface area contributed by atoms with Crippen molar-refractivity contribution in [1.82, 2.24) is 9.88 Å². The molecule has 0 unspecified atom stereocenters. The van der Waals surface area contributed by atoms with Gasteiger partial charge in [-0.1, -0.05) is 18.2 Å². The first-order valence-electron chi connectivity index (χ1n) is 6.40. The lowest BCUT2D eigenvalue weighted by Crippen LogP contribution is -2.23. The van der Waals surface area contributed by atoms with E-state index in [-0.39, 0.29) is 5.78 Å². The third kappa shape index (κ3) is 3.20. The molecule has 0 aliphatic rings. The second-order valence-electron chi connectivity index (χ2n) is 4.86. The summed E-state index contributed by atoms with van der Waals surface area (Å²) in [5, 5.41) is 1.30. The first-order chi connectivity index (χ1) is 8.66. The van der Waals surface area contributed by atoms with Gasteiger partial charge in [0.05, 0.1) is 0 Å². The zero-order chi connectivity index (χ0) is 13.0. The molecule has 1 heterocycles. The van der Waals surface area contributed by atoms with Crippen LogP contribution in [0.3, 0.4) is 0 Å². The van der Waals surface area contributed by atoms with Gasteiger partial charge in [-0.15, -0.1) is 0 Å². The minimum atomic E-state index is 0.258. The fourth-order valence-electron chi connectivity index (χ4n) is 2.11. The normalized spacial score (nSPS) is 11.3. The van der Waals surface area contributed by atoms with Crippen LogP contribution in [0.15, 0.2) is 30.5 Å². The summed E-state index contributed by atoms with van der Waals surface area (Å²) in [7, 11) is 2.07. The predicted molar refractivity (Wildman–Crippen MR) is 74.8 cm³/mol. The molecule has 3 nitrogen and oxygen atoms in total. The molecule has 3 heteroatoms. The number of aromatic nitrogens is 1. The number of para-hydroxylation sites is 1. The number of nitrogens with one attached hydrogen (secondary N) is 1. The summed E-state index contributed by atoms with van der Waals surface area (Å²) in [6, 6.07) is 8.36. The average molecular weight is 244 g/mol. The Bertz CT molecular complexity index is 530. The van der Waals surface area contributed by atoms with Gasteiger partial charge in [0, 0.05) is 36.6 Å². The highest BCUT2D eigenvalue weighted by Gasteiger charge is 2.05. The molecule has 0 saturated carbocycles. The molecule has 1 N–H and O–H groups in total. The molecule has 18 heavy (non-hydrogen) atoms. The molecule has 2 aromatic rings. The summed E-state index contributed by atoms with van der Waals surface area (Å²) in [5.41, 5.74) is 2.54. The molecule has 0 atom stereocenters. The summed E-state index contributed by atoms with van der Waals surface area (Å²) in [6.45, 7) is 3.47. The summed E-state index contributed by atoms with van der Waals surface area (Å²) in [5.74, 6) is 0.258. The van der Waals surface area contributed by atoms with Gasteiger partial charge in [-0.25, -0.2) is 0 Å². The van der Waals surface area contributed by atoms with E-state index in [1.807, 2.05) is 6.07 Å². The van der Waals surface area contributed by atoms with Gasteiger partial charge < -0.3 is 9.88 Å². The van der Waals surface area contributed by atoms with Crippen molar-refractivity contribution in [2.45, 2.75) is 19.8 Å². The highest BCUT2D eigenvalue weighted by Crippen LogP contribution is 2.18. The number of Topliss-reactive ketones (excluding diaryl/α,β-unsaturated/α-hetero) is 1. The third-order valence-corrected chi connectivity index (χ3v) is 3.28. The number of ketones is 1. The van der Waals surface area contributed by atoms with Crippen LogP contribution in [0.2, 0.25) is 0 Å². The zero-order valence-electron chi connectivity index (χ0n) is 11.1. The minimum Gasteiger partial charge on any atom is -0.361 e. The SMILES string of the molecule is CC(=O)CCN(C)CCc1c[nH]c2ccccc12. The molecule has 1 aromatic heterocycles. The third-order valence-electron chi connectivity index (χ3n) is 3.28. The topological polar surface area (TPSA) is 36.1 Å². The number of H-pyrrole nitrogens is 1. The van der Waals surface area contributed by atoms with Crippen LogP contribution in [-0.4, -0.2) is 35.8 Å². The minimum absolute atomic E-state index is 0.258. The van der Waals surface area contributed by atoms with Crippen LogP contribution in [0.1, 0.15) is 18.9 Å². The molecule has 0 aliphatic heterocycles. The van der Waals surface area contributed by atoms with Crippen molar-refractivity contribution in [2.24, 2.45) is 0 Å². The van der Waals surface area contributed by atoms with E-state index >= 15 is 0 Å². The maximum Gasteiger partial charge on any atom is 0.131 e. The Hall–Kier alpha value is -1.61. The van der Waals surface area contributed by atoms with Crippen molar-refractivity contribution in [1.29, 1.82) is 0 Å². The number of carbonyl (C=O) groups is 1. The number of benzene rings is 1. The Labute approximate surface area is 108 Å². The van der Waals surface area contributed by atoms with Gasteiger partial charge in [0.1, 0.15) is 5.78 Å². The Morgan fingerprint density at radius 1 is 1.28 bits per heavy atom. The maximum absolute atomic E-state index is 10.9. The van der Waals surface area contributed by atoms with E-state index in [2.05, 4.69) is 41.3 Å². The molecular formula is C15H20N2O. The van der Waals surface area contributed by atoms with Gasteiger partial charge in [0.25, 0.3) is 0 Å². The Kier molecular flexibility index (Phi) is 4.15. The van der Waals surface area contributed by atoms with Gasteiger partial charge >= 0.3 is 0 Å². The maximum atomic E-state index is 10.9. The van der Waals surface area contributed by atoms with Crippen molar-refractivity contribution >= 4 is 16.7 Å². The largest absolute Gasteiger partial charge is 0.361 e. The van der Waals surface area contributed by atoms with E-state index in [1.54, 1.807) is 6.92 Å². The van der Waals surface area contributed by atoms with Crippen LogP contribution >= 0.6 is 0 Å². The van der Waals surface area contributed by atoms with Crippen LogP contribution in [0.4, 0.5) is 0 Å². The number of rotatable bonds is 6. The van der Waals surface area contributed by atoms with Crippen LogP contribution in [0, 0.1) is 0 Å². The first-order valence-corrected chi connectivity index (χ1v) is 6.40. The molecule has 0 fully saturated rings. The van der Waals surface area contributed by atoms with Gasteiger partial charge in [-0.2, -0.15) is 0 Å². The highest BCUT2D eigenvalue weighted by molar-refractivity contribution is 5.83. The Morgan fingerprint density at radius 2 is 2.06 bits per heavy atom. The standard InChI is InChI=1S/C15H20N2O/c1-12(18)7-9-17(2)10-8-13-11-16-15-6-4-3-5-14(13)15/h3-6,11,16H,7-10H2,1-2H3. The average Bonchev–Trinajstić information content (AvgIpc) is 2.77. The van der Waals surface area contributed by atoms with Crippen molar-refractivity contribution in [3.8, 4) is 0 Å². The van der Waals surface area contributed by atoms with Gasteiger partial charge in [-0.05, 0) is 32.0 Å². The van der Waals surface area contributed by atoms with Crippen molar-refractivity contribution < 1.29 is 4.79 Å². The Morgan fingerprint density at radius 3 is 2.83 bits per heavy atom. The summed E-state index contributed by atoms with van der Waals surface area (Å²) >= 11 is 0. The number of nitrogens with zero attached hydrogens (tertiary/aromatic N) is 1. The van der Waals surface area contributed by atoms with Gasteiger partial charge in [0.2, 0.25) is 0 Å². The van der Waals surface area contributed by atoms with Crippen LogP contribution in [0.5, 0.6) is 0 Å². The molecule has 96 valence electrons. The number of carbonyl (C=O) groups excluding carboxylic acids is 1. The number of fused-ring (bicyclic) bond motifs is 1. The molecule has 2 rings (SSSR count). The number of hydrogen-bond acceptors (Lipinski definition) is 2. The summed E-state index contributed by atoms with van der Waals surface area (Å²) in [4.78, 5) is 16.4. The monoisotopic (exact) mass is 244 g/mol. The number of hydrogen-bond donors (Lipinski definition) is 1. The lowest BCUT2D eigenvalue weighted by Gasteiger charge is -2.15. The van der Waals surface area contributed by atoms with Gasteiger partial charge in [-0.3, -0.25) is 4.79 Å². The van der Waals surface area contributed by atoms with Crippen LogP contribution in [-0.2, 0) is 11.2 Å². The zero-order valence-corrected chi connectivity index (χ0v) is 11.1. The lowest BCUT2D eigenvalue weighted by molar-refractivity contribution is -0.117. The molecule has 0 radical (unpaired) electrons. The summed E-state index contributed by atoms with van der Waals surface area (Å²) in [6.07, 6.45) is 3.74. The smallest absolute Gasteiger partial charge is 0.131 e. The molecular weight excluding hydrogens is 224 g/mol. The quantitative estimate of drug-likeness (QED) is 0.848. The van der Waals surface area contributed by atoms with Crippen LogP contribution in [0.25, 0.3) is 10.9 Å². The molecule has 0 aliphatic carbocycles. The fraction of sp³-hybridized carbons (Fsp3) is 0.400.